The highest BCUT2D eigenvalue weighted by atomic mass is 16.2. The lowest BCUT2D eigenvalue weighted by atomic mass is 9.98. The van der Waals surface area contributed by atoms with E-state index in [1.165, 1.54) is 4.68 Å². The van der Waals surface area contributed by atoms with Gasteiger partial charge in [0.2, 0.25) is 5.82 Å². The predicted molar refractivity (Wildman–Crippen MR) is 123 cm³/mol. The van der Waals surface area contributed by atoms with Gasteiger partial charge in [0, 0.05) is 12.1 Å². The molecule has 0 aliphatic carbocycles. The summed E-state index contributed by atoms with van der Waals surface area (Å²) in [4.78, 5) is 12.9. The molecular formula is C24H23N7O. The molecule has 0 saturated carbocycles. The van der Waals surface area contributed by atoms with Crippen LogP contribution in [0.5, 0.6) is 0 Å². The van der Waals surface area contributed by atoms with Gasteiger partial charge >= 0.3 is 5.69 Å². The van der Waals surface area contributed by atoms with Crippen LogP contribution in [0.15, 0.2) is 66.0 Å². The highest BCUT2D eigenvalue weighted by Crippen LogP contribution is 2.29. The van der Waals surface area contributed by atoms with Gasteiger partial charge in [0.15, 0.2) is 0 Å². The maximum atomic E-state index is 12.9. The third kappa shape index (κ3) is 4.42. The molecule has 0 aliphatic rings. The van der Waals surface area contributed by atoms with Gasteiger partial charge in [0.05, 0.1) is 13.0 Å². The molecule has 0 spiro atoms. The number of hydrogen-bond acceptors (Lipinski definition) is 5. The van der Waals surface area contributed by atoms with Crippen LogP contribution in [0.25, 0.3) is 22.5 Å². The van der Waals surface area contributed by atoms with Gasteiger partial charge in [-0.15, -0.1) is 22.7 Å². The van der Waals surface area contributed by atoms with Gasteiger partial charge in [0.25, 0.3) is 0 Å². The monoisotopic (exact) mass is 425 g/mol. The minimum absolute atomic E-state index is 0.133. The molecule has 2 aromatic carbocycles. The van der Waals surface area contributed by atoms with Gasteiger partial charge in [-0.2, -0.15) is 10.3 Å². The lowest BCUT2D eigenvalue weighted by Crippen LogP contribution is -2.26. The Morgan fingerprint density at radius 3 is 2.59 bits per heavy atom. The van der Waals surface area contributed by atoms with Crippen molar-refractivity contribution in [1.82, 2.24) is 35.0 Å². The number of nitrogens with zero attached hydrogens (tertiary/aromatic N) is 6. The molecule has 0 bridgehead atoms. The Bertz CT molecular complexity index is 1320. The zero-order valence-corrected chi connectivity index (χ0v) is 17.8. The SMILES string of the molecule is C=CCCn1nc(CC#CC)n(Cc2ccc(-c3ccccc3-c3nn[nH]n3)cc2)c1=O. The van der Waals surface area contributed by atoms with Crippen LogP contribution in [0.2, 0.25) is 0 Å². The average Bonchev–Trinajstić information content (AvgIpc) is 3.46. The van der Waals surface area contributed by atoms with E-state index in [9.17, 15) is 4.79 Å². The maximum Gasteiger partial charge on any atom is 0.346 e. The number of H-pyrrole nitrogens is 1. The van der Waals surface area contributed by atoms with Crippen LogP contribution in [0.3, 0.4) is 0 Å². The summed E-state index contributed by atoms with van der Waals surface area (Å²) >= 11 is 0. The van der Waals surface area contributed by atoms with Crippen molar-refractivity contribution in [3.05, 3.63) is 83.1 Å². The normalized spacial score (nSPS) is 10.5. The van der Waals surface area contributed by atoms with E-state index in [4.69, 9.17) is 0 Å². The molecule has 32 heavy (non-hydrogen) atoms. The lowest BCUT2D eigenvalue weighted by Gasteiger charge is -2.09. The number of tetrazole rings is 1. The zero-order valence-electron chi connectivity index (χ0n) is 17.8. The molecule has 0 amide bonds. The van der Waals surface area contributed by atoms with E-state index in [-0.39, 0.29) is 5.69 Å². The summed E-state index contributed by atoms with van der Waals surface area (Å²) in [6.07, 6.45) is 2.90. The van der Waals surface area contributed by atoms with Crippen molar-refractivity contribution in [2.45, 2.75) is 32.9 Å². The number of hydrogen-bond donors (Lipinski definition) is 1. The predicted octanol–water partition coefficient (Wildman–Crippen LogP) is 3.08. The summed E-state index contributed by atoms with van der Waals surface area (Å²) in [5, 5.41) is 18.8. The number of aryl methyl sites for hydroxylation is 1. The summed E-state index contributed by atoms with van der Waals surface area (Å²) in [7, 11) is 0. The number of aromatic nitrogens is 7. The summed E-state index contributed by atoms with van der Waals surface area (Å²) < 4.78 is 3.18. The summed E-state index contributed by atoms with van der Waals surface area (Å²) in [5.74, 6) is 7.10. The molecule has 160 valence electrons. The van der Waals surface area contributed by atoms with Crippen molar-refractivity contribution in [3.8, 4) is 34.4 Å². The van der Waals surface area contributed by atoms with Crippen molar-refractivity contribution in [3.63, 3.8) is 0 Å². The Labute approximate surface area is 185 Å². The Balaban J connectivity index is 1.63. The summed E-state index contributed by atoms with van der Waals surface area (Å²) in [6.45, 7) is 6.44. The fourth-order valence-corrected chi connectivity index (χ4v) is 3.48. The smallest absolute Gasteiger partial charge is 0.274 e. The summed E-state index contributed by atoms with van der Waals surface area (Å²) in [5.41, 5.74) is 3.80. The third-order valence-electron chi connectivity index (χ3n) is 5.09. The van der Waals surface area contributed by atoms with Gasteiger partial charge in [0.1, 0.15) is 5.82 Å². The molecule has 0 aliphatic heterocycles. The minimum atomic E-state index is -0.133. The molecular weight excluding hydrogens is 402 g/mol. The first-order valence-corrected chi connectivity index (χ1v) is 10.3. The number of benzene rings is 2. The second kappa shape index (κ2) is 9.71. The van der Waals surface area contributed by atoms with Gasteiger partial charge < -0.3 is 0 Å². The van der Waals surface area contributed by atoms with Crippen molar-refractivity contribution in [2.24, 2.45) is 0 Å². The quantitative estimate of drug-likeness (QED) is 0.346. The first kappa shape index (κ1) is 21.0. The van der Waals surface area contributed by atoms with Crippen LogP contribution in [-0.2, 0) is 19.5 Å². The van der Waals surface area contributed by atoms with E-state index >= 15 is 0 Å². The second-order valence-corrected chi connectivity index (χ2v) is 7.17. The second-order valence-electron chi connectivity index (χ2n) is 7.17. The fraction of sp³-hybridized carbons (Fsp3) is 0.208. The molecule has 8 nitrogen and oxygen atoms in total. The number of allylic oxidation sites excluding steroid dienone is 1. The standard InChI is InChI=1S/C24H23N7O/c1-3-5-11-22-27-31(16-6-4-2)24(32)30(22)17-18-12-14-19(15-13-18)20-9-7-8-10-21(20)23-25-28-29-26-23/h4,7-10,12-15H,2,6,11,16-17H2,1H3,(H,25,26,28,29). The van der Waals surface area contributed by atoms with Gasteiger partial charge in [-0.05, 0) is 35.2 Å². The van der Waals surface area contributed by atoms with Crippen LogP contribution >= 0.6 is 0 Å². The fourth-order valence-electron chi connectivity index (χ4n) is 3.48. The third-order valence-corrected chi connectivity index (χ3v) is 5.09. The van der Waals surface area contributed by atoms with E-state index in [1.54, 1.807) is 17.6 Å². The molecule has 0 atom stereocenters. The largest absolute Gasteiger partial charge is 0.346 e. The molecule has 0 fully saturated rings. The Morgan fingerprint density at radius 1 is 1.12 bits per heavy atom. The highest BCUT2D eigenvalue weighted by Gasteiger charge is 2.14. The van der Waals surface area contributed by atoms with E-state index in [0.29, 0.717) is 37.6 Å². The van der Waals surface area contributed by atoms with E-state index in [0.717, 1.165) is 22.3 Å². The Morgan fingerprint density at radius 2 is 1.91 bits per heavy atom. The van der Waals surface area contributed by atoms with E-state index in [1.807, 2.05) is 48.5 Å². The van der Waals surface area contributed by atoms with Crippen molar-refractivity contribution < 1.29 is 0 Å². The van der Waals surface area contributed by atoms with Crippen LogP contribution in [0.4, 0.5) is 0 Å². The molecule has 2 aromatic heterocycles. The Hall–Kier alpha value is -4.25. The molecule has 1 N–H and O–H groups in total. The van der Waals surface area contributed by atoms with Crippen LogP contribution in [0, 0.1) is 11.8 Å². The van der Waals surface area contributed by atoms with Crippen LogP contribution in [0.1, 0.15) is 24.7 Å². The van der Waals surface area contributed by atoms with Gasteiger partial charge in [-0.1, -0.05) is 60.5 Å². The first-order valence-electron chi connectivity index (χ1n) is 10.3. The lowest BCUT2D eigenvalue weighted by molar-refractivity contribution is 0.587. The minimum Gasteiger partial charge on any atom is -0.274 e. The Kier molecular flexibility index (Phi) is 6.37. The number of nitrogens with one attached hydrogen (secondary N) is 1. The number of aromatic amines is 1. The molecule has 0 saturated heterocycles. The zero-order chi connectivity index (χ0) is 22.3. The van der Waals surface area contributed by atoms with Crippen molar-refractivity contribution in [1.29, 1.82) is 0 Å². The summed E-state index contributed by atoms with van der Waals surface area (Å²) in [6, 6.07) is 16.0. The maximum absolute atomic E-state index is 12.9. The van der Waals surface area contributed by atoms with Gasteiger partial charge in [-0.3, -0.25) is 4.57 Å². The molecule has 2 heterocycles. The van der Waals surface area contributed by atoms with E-state index in [2.05, 4.69) is 44.1 Å². The first-order chi connectivity index (χ1) is 15.7. The van der Waals surface area contributed by atoms with Gasteiger partial charge in [-0.25, -0.2) is 9.48 Å². The van der Waals surface area contributed by atoms with Crippen molar-refractivity contribution >= 4 is 0 Å². The van der Waals surface area contributed by atoms with Crippen LogP contribution < -0.4 is 5.69 Å². The molecule has 0 unspecified atom stereocenters. The topological polar surface area (TPSA) is 94.3 Å². The van der Waals surface area contributed by atoms with Crippen LogP contribution in [-0.4, -0.2) is 35.0 Å². The average molecular weight is 425 g/mol. The van der Waals surface area contributed by atoms with Crippen molar-refractivity contribution in [2.75, 3.05) is 0 Å². The molecule has 0 radical (unpaired) electrons. The molecule has 4 rings (SSSR count). The number of rotatable bonds is 8. The van der Waals surface area contributed by atoms with E-state index < -0.39 is 0 Å². The molecule has 8 heteroatoms. The highest BCUT2D eigenvalue weighted by molar-refractivity contribution is 5.80. The molecule has 4 aromatic rings.